The molecule has 0 aromatic carbocycles. The molecule has 3 N–H and O–H groups in total. The number of hydrogen-bond acceptors (Lipinski definition) is 2. The van der Waals surface area contributed by atoms with Gasteiger partial charge in [0.1, 0.15) is 0 Å². The van der Waals surface area contributed by atoms with Crippen molar-refractivity contribution >= 4 is 5.91 Å². The van der Waals surface area contributed by atoms with Crippen molar-refractivity contribution in [2.45, 2.75) is 78.1 Å². The van der Waals surface area contributed by atoms with Crippen LogP contribution in [0.15, 0.2) is 0 Å². The van der Waals surface area contributed by atoms with Gasteiger partial charge in [0.2, 0.25) is 5.91 Å². The normalized spacial score (nSPS) is 10.9. The molecule has 0 spiro atoms. The molecule has 0 aromatic heterocycles. The quantitative estimate of drug-likeness (QED) is 0.502. The first kappa shape index (κ1) is 18.4. The summed E-state index contributed by atoms with van der Waals surface area (Å²) in [6, 6.07) is 0. The highest BCUT2D eigenvalue weighted by Gasteiger charge is 2.02. The van der Waals surface area contributed by atoms with Crippen LogP contribution < -0.4 is 11.1 Å². The minimum Gasteiger partial charge on any atom is -0.356 e. The van der Waals surface area contributed by atoms with E-state index in [1.807, 2.05) is 0 Å². The highest BCUT2D eigenvalue weighted by atomic mass is 16.1. The van der Waals surface area contributed by atoms with Gasteiger partial charge in [-0.2, -0.15) is 0 Å². The lowest BCUT2D eigenvalue weighted by Gasteiger charge is -2.07. The van der Waals surface area contributed by atoms with E-state index in [1.165, 1.54) is 51.4 Å². The van der Waals surface area contributed by atoms with Gasteiger partial charge in [0.25, 0.3) is 0 Å². The van der Waals surface area contributed by atoms with E-state index in [0.717, 1.165) is 19.5 Å². The fraction of sp³-hybridized carbons (Fsp3) is 0.938. The highest BCUT2D eigenvalue weighted by Crippen LogP contribution is 2.09. The topological polar surface area (TPSA) is 55.1 Å². The van der Waals surface area contributed by atoms with Crippen LogP contribution >= 0.6 is 0 Å². The summed E-state index contributed by atoms with van der Waals surface area (Å²) >= 11 is 0. The van der Waals surface area contributed by atoms with Crippen LogP contribution in [0, 0.1) is 5.92 Å². The predicted molar refractivity (Wildman–Crippen MR) is 83.1 cm³/mol. The van der Waals surface area contributed by atoms with Gasteiger partial charge in [-0.3, -0.25) is 4.79 Å². The van der Waals surface area contributed by atoms with E-state index in [2.05, 4.69) is 19.2 Å². The number of hydrogen-bond donors (Lipinski definition) is 2. The van der Waals surface area contributed by atoms with Gasteiger partial charge in [-0.05, 0) is 25.3 Å². The Labute approximate surface area is 119 Å². The Morgan fingerprint density at radius 1 is 0.895 bits per heavy atom. The fourth-order valence-corrected chi connectivity index (χ4v) is 2.18. The maximum absolute atomic E-state index is 11.4. The molecule has 0 heterocycles. The van der Waals surface area contributed by atoms with E-state index in [-0.39, 0.29) is 5.91 Å². The molecule has 0 unspecified atom stereocenters. The zero-order valence-corrected chi connectivity index (χ0v) is 13.0. The predicted octanol–water partition coefficient (Wildman–Crippen LogP) is 3.62. The second kappa shape index (κ2) is 13.9. The number of amides is 1. The molecular weight excluding hydrogens is 236 g/mol. The van der Waals surface area contributed by atoms with Crippen molar-refractivity contribution in [1.82, 2.24) is 5.32 Å². The Hall–Kier alpha value is -0.570. The zero-order valence-electron chi connectivity index (χ0n) is 13.0. The molecule has 0 saturated heterocycles. The first-order chi connectivity index (χ1) is 9.16. The summed E-state index contributed by atoms with van der Waals surface area (Å²) in [5.74, 6) is 0.661. The van der Waals surface area contributed by atoms with Gasteiger partial charge in [-0.25, -0.2) is 0 Å². The van der Waals surface area contributed by atoms with Crippen molar-refractivity contribution in [2.75, 3.05) is 13.1 Å². The second-order valence-corrected chi connectivity index (χ2v) is 5.92. The molecule has 3 heteroatoms. The third kappa shape index (κ3) is 15.4. The molecular formula is C16H34N2O. The largest absolute Gasteiger partial charge is 0.356 e. The van der Waals surface area contributed by atoms with Crippen LogP contribution in [-0.4, -0.2) is 19.0 Å². The van der Waals surface area contributed by atoms with Crippen LogP contribution in [0.1, 0.15) is 78.1 Å². The summed E-state index contributed by atoms with van der Waals surface area (Å²) in [7, 11) is 0. The van der Waals surface area contributed by atoms with E-state index in [0.29, 0.717) is 12.3 Å². The molecule has 19 heavy (non-hydrogen) atoms. The van der Waals surface area contributed by atoms with E-state index in [1.54, 1.807) is 0 Å². The van der Waals surface area contributed by atoms with Gasteiger partial charge in [0.15, 0.2) is 0 Å². The van der Waals surface area contributed by atoms with E-state index < -0.39 is 0 Å². The van der Waals surface area contributed by atoms with Crippen molar-refractivity contribution in [1.29, 1.82) is 0 Å². The standard InChI is InChI=1S/C16H34N2O/c1-15(2)14-16(19)18-13-11-9-7-5-3-4-6-8-10-12-17/h15H,3-14,17H2,1-2H3,(H,18,19). The lowest BCUT2D eigenvalue weighted by Crippen LogP contribution is -2.25. The number of nitrogens with two attached hydrogens (primary N) is 1. The first-order valence-electron chi connectivity index (χ1n) is 8.13. The Kier molecular flexibility index (Phi) is 13.4. The van der Waals surface area contributed by atoms with Gasteiger partial charge >= 0.3 is 0 Å². The summed E-state index contributed by atoms with van der Waals surface area (Å²) in [6.45, 7) is 5.84. The minimum absolute atomic E-state index is 0.204. The van der Waals surface area contributed by atoms with E-state index in [9.17, 15) is 4.79 Å². The molecule has 114 valence electrons. The molecule has 0 rings (SSSR count). The Morgan fingerprint density at radius 3 is 1.84 bits per heavy atom. The molecule has 1 amide bonds. The van der Waals surface area contributed by atoms with E-state index >= 15 is 0 Å². The van der Waals surface area contributed by atoms with Gasteiger partial charge < -0.3 is 11.1 Å². The Morgan fingerprint density at radius 2 is 1.37 bits per heavy atom. The summed E-state index contributed by atoms with van der Waals surface area (Å²) in [5.41, 5.74) is 5.46. The van der Waals surface area contributed by atoms with Crippen LogP contribution in [0.4, 0.5) is 0 Å². The average molecular weight is 270 g/mol. The maximum Gasteiger partial charge on any atom is 0.220 e. The van der Waals surface area contributed by atoms with Crippen LogP contribution in [0.2, 0.25) is 0 Å². The monoisotopic (exact) mass is 270 g/mol. The maximum atomic E-state index is 11.4. The van der Waals surface area contributed by atoms with Gasteiger partial charge in [-0.1, -0.05) is 58.8 Å². The Bertz CT molecular complexity index is 205. The number of nitrogens with one attached hydrogen (secondary N) is 1. The average Bonchev–Trinajstić information content (AvgIpc) is 2.35. The second-order valence-electron chi connectivity index (χ2n) is 5.92. The van der Waals surface area contributed by atoms with Crippen LogP contribution in [0.3, 0.4) is 0 Å². The van der Waals surface area contributed by atoms with Crippen molar-refractivity contribution in [3.63, 3.8) is 0 Å². The summed E-state index contributed by atoms with van der Waals surface area (Å²) in [5, 5.41) is 2.99. The van der Waals surface area contributed by atoms with Crippen molar-refractivity contribution < 1.29 is 4.79 Å². The minimum atomic E-state index is 0.204. The summed E-state index contributed by atoms with van der Waals surface area (Å²) < 4.78 is 0. The first-order valence-corrected chi connectivity index (χ1v) is 8.13. The number of rotatable bonds is 13. The lowest BCUT2D eigenvalue weighted by molar-refractivity contribution is -0.121. The molecule has 0 radical (unpaired) electrons. The molecule has 0 saturated carbocycles. The number of carbonyl (C=O) groups excluding carboxylic acids is 1. The van der Waals surface area contributed by atoms with Crippen LogP contribution in [0.5, 0.6) is 0 Å². The molecule has 0 atom stereocenters. The van der Waals surface area contributed by atoms with Crippen molar-refractivity contribution in [3.8, 4) is 0 Å². The van der Waals surface area contributed by atoms with Crippen LogP contribution in [0.25, 0.3) is 0 Å². The van der Waals surface area contributed by atoms with Gasteiger partial charge in [-0.15, -0.1) is 0 Å². The number of unbranched alkanes of at least 4 members (excludes halogenated alkanes) is 8. The third-order valence-electron chi connectivity index (χ3n) is 3.30. The van der Waals surface area contributed by atoms with Gasteiger partial charge in [0, 0.05) is 13.0 Å². The molecule has 0 aliphatic rings. The molecule has 0 bridgehead atoms. The molecule has 0 aromatic rings. The number of carbonyl (C=O) groups is 1. The van der Waals surface area contributed by atoms with Gasteiger partial charge in [0.05, 0.1) is 0 Å². The Balaban J connectivity index is 3.08. The SMILES string of the molecule is CC(C)CC(=O)NCCCCCCCCCCCN. The van der Waals surface area contributed by atoms with Crippen LogP contribution in [-0.2, 0) is 4.79 Å². The zero-order chi connectivity index (χ0) is 14.3. The van der Waals surface area contributed by atoms with Crippen molar-refractivity contribution in [3.05, 3.63) is 0 Å². The lowest BCUT2D eigenvalue weighted by atomic mass is 10.1. The highest BCUT2D eigenvalue weighted by molar-refractivity contribution is 5.75. The van der Waals surface area contributed by atoms with Crippen molar-refractivity contribution in [2.24, 2.45) is 11.7 Å². The third-order valence-corrected chi connectivity index (χ3v) is 3.30. The summed E-state index contributed by atoms with van der Waals surface area (Å²) in [4.78, 5) is 11.4. The van der Waals surface area contributed by atoms with E-state index in [4.69, 9.17) is 5.73 Å². The molecule has 0 aliphatic carbocycles. The molecule has 0 fully saturated rings. The fourth-order valence-electron chi connectivity index (χ4n) is 2.18. The molecule has 3 nitrogen and oxygen atoms in total. The smallest absolute Gasteiger partial charge is 0.220 e. The molecule has 0 aliphatic heterocycles. The summed E-state index contributed by atoms with van der Waals surface area (Å²) in [6.07, 6.45) is 12.2.